The van der Waals surface area contributed by atoms with E-state index in [1.165, 1.54) is 18.3 Å². The van der Waals surface area contributed by atoms with E-state index < -0.39 is 22.3 Å². The molecule has 0 bridgehead atoms. The maximum absolute atomic E-state index is 13.5. The number of halogens is 2. The number of pyridine rings is 1. The number of amides is 1. The number of aliphatic hydroxyl groups excluding tert-OH is 2. The molecule has 15 heteroatoms. The van der Waals surface area contributed by atoms with E-state index in [0.29, 0.717) is 52.2 Å². The minimum absolute atomic E-state index is 0.0547. The van der Waals surface area contributed by atoms with Crippen molar-refractivity contribution in [3.63, 3.8) is 0 Å². The zero-order valence-electron chi connectivity index (χ0n) is 24.9. The number of carbonyl (C=O) groups excluding carboxylic acids is 1. The lowest BCUT2D eigenvalue weighted by atomic mass is 10.1. The number of fused-ring (bicyclic) bond motifs is 1. The van der Waals surface area contributed by atoms with Gasteiger partial charge in [0.15, 0.2) is 0 Å². The average molecular weight is 703 g/mol. The van der Waals surface area contributed by atoms with Crippen molar-refractivity contribution in [2.24, 2.45) is 0 Å². The van der Waals surface area contributed by atoms with Crippen molar-refractivity contribution in [2.75, 3.05) is 29.6 Å². The number of nitriles is 1. The number of benzene rings is 3. The van der Waals surface area contributed by atoms with Crippen LogP contribution in [0.1, 0.15) is 30.4 Å². The van der Waals surface area contributed by atoms with Gasteiger partial charge in [0.05, 0.1) is 34.1 Å². The molecule has 1 aliphatic heterocycles. The summed E-state index contributed by atoms with van der Waals surface area (Å²) in [6.45, 7) is -0.673. The van der Waals surface area contributed by atoms with Gasteiger partial charge in [0.25, 0.3) is 0 Å². The van der Waals surface area contributed by atoms with Crippen molar-refractivity contribution < 1.29 is 38.0 Å². The number of carbonyl (C=O) groups is 1. The molecule has 1 aliphatic rings. The molecule has 0 spiro atoms. The van der Waals surface area contributed by atoms with Crippen LogP contribution in [0.2, 0.25) is 5.02 Å². The molecule has 1 saturated heterocycles. The molecule has 1 amide bonds. The Labute approximate surface area is 280 Å². The van der Waals surface area contributed by atoms with Crippen LogP contribution in [0.5, 0.6) is 11.5 Å². The third-order valence-corrected chi connectivity index (χ3v) is 11.5. The van der Waals surface area contributed by atoms with E-state index in [4.69, 9.17) is 21.1 Å². The third kappa shape index (κ3) is 9.17. The number of hydrogen-bond donors (Lipinski definition) is 6. The van der Waals surface area contributed by atoms with Gasteiger partial charge in [0.1, 0.15) is 42.7 Å². The molecule has 2 unspecified atom stereocenters. The Morgan fingerprint density at radius 1 is 1.19 bits per heavy atom. The van der Waals surface area contributed by atoms with Crippen molar-refractivity contribution in [2.45, 2.75) is 37.2 Å². The Morgan fingerprint density at radius 3 is 2.72 bits per heavy atom. The number of ether oxygens (including phenoxy) is 2. The normalized spacial score (nSPS) is 16.7. The number of nitrogens with zero attached hydrogens (tertiary/aromatic N) is 2. The van der Waals surface area contributed by atoms with Gasteiger partial charge in [-0.05, 0) is 65.6 Å². The SMILES string of the molecule is N#Cc1cnc2cc(OCC(O)CO)c(NC(=O)CCC3CCS(O)(O)S3)cc2c1Nc1ccc(OCc2cccc(F)c2)c(Cl)c1. The molecule has 1 aromatic heterocycles. The molecular weight excluding hydrogens is 671 g/mol. The molecule has 3 aromatic carbocycles. The summed E-state index contributed by atoms with van der Waals surface area (Å²) in [5.41, 5.74) is 2.40. The lowest BCUT2D eigenvalue weighted by Crippen LogP contribution is -2.22. The summed E-state index contributed by atoms with van der Waals surface area (Å²) in [4.78, 5) is 17.4. The van der Waals surface area contributed by atoms with Crippen LogP contribution >= 0.6 is 32.0 Å². The predicted molar refractivity (Wildman–Crippen MR) is 182 cm³/mol. The fourth-order valence-corrected chi connectivity index (χ4v) is 9.22. The number of aliphatic hydroxyl groups is 2. The van der Waals surface area contributed by atoms with Gasteiger partial charge in [0.2, 0.25) is 5.91 Å². The molecule has 11 nitrogen and oxygen atoms in total. The standard InChI is InChI=1S/C32H32ClFN4O7S2/c33-26-11-22(4-6-29(26)44-17-19-2-1-3-21(34)10-19)37-32-20(14-35)15-36-27-13-30(45-18-23(40)16-39)28(12-25(27)32)38-31(41)7-5-24-8-9-47(42,43)46-24/h1-4,6,10-13,15,23-24,39-40,42-43H,5,7-9,16-18H2,(H,36,37)(H,38,41). The highest BCUT2D eigenvalue weighted by molar-refractivity contribution is 8.90. The van der Waals surface area contributed by atoms with E-state index in [9.17, 15) is 33.8 Å². The quantitative estimate of drug-likeness (QED) is 0.0804. The molecule has 4 aromatic rings. The van der Waals surface area contributed by atoms with Crippen LogP contribution in [0.25, 0.3) is 10.9 Å². The molecule has 5 rings (SSSR count). The average Bonchev–Trinajstić information content (AvgIpc) is 3.40. The molecule has 0 saturated carbocycles. The highest BCUT2D eigenvalue weighted by atomic mass is 35.5. The van der Waals surface area contributed by atoms with Gasteiger partial charge in [-0.1, -0.05) is 23.7 Å². The van der Waals surface area contributed by atoms with Crippen molar-refractivity contribution >= 4 is 65.9 Å². The fourth-order valence-electron chi connectivity index (χ4n) is 4.82. The molecule has 248 valence electrons. The number of anilines is 3. The number of hydrogen-bond acceptors (Lipinski definition) is 11. The first kappa shape index (κ1) is 34.5. The van der Waals surface area contributed by atoms with Gasteiger partial charge >= 0.3 is 0 Å². The topological polar surface area (TPSA) is 177 Å². The van der Waals surface area contributed by atoms with Crippen LogP contribution in [-0.2, 0) is 11.4 Å². The van der Waals surface area contributed by atoms with Gasteiger partial charge < -0.3 is 30.3 Å². The smallest absolute Gasteiger partial charge is 0.224 e. The van der Waals surface area contributed by atoms with Gasteiger partial charge in [-0.15, -0.1) is 9.62 Å². The Morgan fingerprint density at radius 2 is 2.02 bits per heavy atom. The Kier molecular flexibility index (Phi) is 11.3. The van der Waals surface area contributed by atoms with Crippen LogP contribution < -0.4 is 20.1 Å². The van der Waals surface area contributed by atoms with Crippen molar-refractivity contribution in [3.8, 4) is 17.6 Å². The molecule has 2 atom stereocenters. The third-order valence-electron chi connectivity index (χ3n) is 7.18. The summed E-state index contributed by atoms with van der Waals surface area (Å²) in [6.07, 6.45) is 1.37. The van der Waals surface area contributed by atoms with Crippen LogP contribution in [0.15, 0.2) is 60.8 Å². The van der Waals surface area contributed by atoms with Crippen LogP contribution in [0, 0.1) is 17.1 Å². The molecule has 1 fully saturated rings. The first-order valence-electron chi connectivity index (χ1n) is 14.5. The summed E-state index contributed by atoms with van der Waals surface area (Å²) in [5, 5.41) is 35.8. The lowest BCUT2D eigenvalue weighted by molar-refractivity contribution is -0.116. The van der Waals surface area contributed by atoms with Crippen LogP contribution in [0.4, 0.5) is 21.5 Å². The maximum atomic E-state index is 13.5. The van der Waals surface area contributed by atoms with E-state index in [2.05, 4.69) is 21.7 Å². The minimum Gasteiger partial charge on any atom is -0.489 e. The minimum atomic E-state index is -2.66. The van der Waals surface area contributed by atoms with Crippen molar-refractivity contribution in [3.05, 3.63) is 82.8 Å². The second kappa shape index (κ2) is 15.4. The van der Waals surface area contributed by atoms with Gasteiger partial charge in [0, 0.05) is 40.8 Å². The first-order chi connectivity index (χ1) is 22.5. The molecular formula is C32H32ClFN4O7S2. The van der Waals surface area contributed by atoms with E-state index in [1.54, 1.807) is 42.5 Å². The summed E-state index contributed by atoms with van der Waals surface area (Å²) in [7, 11) is -1.55. The van der Waals surface area contributed by atoms with E-state index in [1.807, 2.05) is 0 Å². The largest absolute Gasteiger partial charge is 0.489 e. The summed E-state index contributed by atoms with van der Waals surface area (Å²) < 4.78 is 44.8. The lowest BCUT2D eigenvalue weighted by Gasteiger charge is -2.24. The fraction of sp³-hybridized carbons (Fsp3) is 0.281. The molecule has 0 aliphatic carbocycles. The highest BCUT2D eigenvalue weighted by Gasteiger charge is 2.29. The Hall–Kier alpha value is -3.81. The first-order valence-corrected chi connectivity index (χ1v) is 18.0. The summed E-state index contributed by atoms with van der Waals surface area (Å²) >= 11 is 6.51. The van der Waals surface area contributed by atoms with E-state index in [0.717, 1.165) is 10.8 Å². The monoisotopic (exact) mass is 702 g/mol. The predicted octanol–water partition coefficient (Wildman–Crippen LogP) is 6.84. The van der Waals surface area contributed by atoms with Crippen molar-refractivity contribution in [1.82, 2.24) is 4.98 Å². The highest BCUT2D eigenvalue weighted by Crippen LogP contribution is 2.62. The molecule has 0 radical (unpaired) electrons. The van der Waals surface area contributed by atoms with E-state index >= 15 is 0 Å². The maximum Gasteiger partial charge on any atom is 0.224 e. The zero-order valence-corrected chi connectivity index (χ0v) is 27.2. The number of aromatic nitrogens is 1. The molecule has 2 heterocycles. The summed E-state index contributed by atoms with van der Waals surface area (Å²) in [6, 6.07) is 16.3. The second-order valence-electron chi connectivity index (χ2n) is 10.8. The summed E-state index contributed by atoms with van der Waals surface area (Å²) in [5.74, 6) is 0.150. The molecule has 6 N–H and O–H groups in total. The van der Waals surface area contributed by atoms with Crippen LogP contribution in [-0.4, -0.2) is 60.5 Å². The van der Waals surface area contributed by atoms with Gasteiger partial charge in [-0.3, -0.25) is 18.9 Å². The van der Waals surface area contributed by atoms with Gasteiger partial charge in [-0.25, -0.2) is 4.39 Å². The zero-order chi connectivity index (χ0) is 33.6. The number of rotatable bonds is 13. The van der Waals surface area contributed by atoms with Crippen LogP contribution in [0.3, 0.4) is 0 Å². The van der Waals surface area contributed by atoms with Gasteiger partial charge in [-0.2, -0.15) is 5.26 Å². The Bertz CT molecular complexity index is 1810. The second-order valence-corrected chi connectivity index (χ2v) is 15.8. The van der Waals surface area contributed by atoms with Crippen molar-refractivity contribution in [1.29, 1.82) is 5.26 Å². The van der Waals surface area contributed by atoms with E-state index in [-0.39, 0.29) is 58.6 Å². The number of nitrogens with one attached hydrogen (secondary N) is 2. The molecule has 47 heavy (non-hydrogen) atoms. The Balaban J connectivity index is 1.40.